The molecule has 0 bridgehead atoms. The third kappa shape index (κ3) is 4.59. The monoisotopic (exact) mass is 330 g/mol. The van der Waals surface area contributed by atoms with E-state index in [1.165, 1.54) is 0 Å². The first-order chi connectivity index (χ1) is 11.6. The first kappa shape index (κ1) is 18.5. The number of carbonyl (C=O) groups excluding carboxylic acids is 2. The molecule has 0 spiro atoms. The first-order valence-electron chi connectivity index (χ1n) is 9.21. The lowest BCUT2D eigenvalue weighted by Gasteiger charge is -2.34. The molecule has 0 aromatic heterocycles. The highest BCUT2D eigenvalue weighted by Gasteiger charge is 2.30. The van der Waals surface area contributed by atoms with Crippen LogP contribution < -0.4 is 0 Å². The maximum Gasteiger partial charge on any atom is 0.253 e. The second-order valence-corrected chi connectivity index (χ2v) is 6.76. The Morgan fingerprint density at radius 1 is 1.12 bits per heavy atom. The van der Waals surface area contributed by atoms with Crippen LogP contribution in [0.15, 0.2) is 24.3 Å². The smallest absolute Gasteiger partial charge is 0.253 e. The van der Waals surface area contributed by atoms with E-state index in [-0.39, 0.29) is 17.7 Å². The van der Waals surface area contributed by atoms with Crippen molar-refractivity contribution in [3.05, 3.63) is 35.4 Å². The molecule has 1 fully saturated rings. The summed E-state index contributed by atoms with van der Waals surface area (Å²) in [6.45, 7) is 9.25. The van der Waals surface area contributed by atoms with E-state index in [0.29, 0.717) is 13.1 Å². The van der Waals surface area contributed by atoms with Gasteiger partial charge in [-0.3, -0.25) is 9.59 Å². The summed E-state index contributed by atoms with van der Waals surface area (Å²) in [5.74, 6) is 0.439. The number of benzene rings is 1. The summed E-state index contributed by atoms with van der Waals surface area (Å²) in [6, 6.07) is 7.73. The molecule has 2 amide bonds. The zero-order valence-corrected chi connectivity index (χ0v) is 15.3. The number of hydrogen-bond donors (Lipinski definition) is 0. The average molecular weight is 330 g/mol. The highest BCUT2D eigenvalue weighted by atomic mass is 16.2. The number of aryl methyl sites for hydroxylation is 1. The van der Waals surface area contributed by atoms with Crippen LogP contribution in [0.3, 0.4) is 0 Å². The van der Waals surface area contributed by atoms with Gasteiger partial charge in [-0.2, -0.15) is 0 Å². The van der Waals surface area contributed by atoms with Crippen molar-refractivity contribution in [3.8, 4) is 0 Å². The van der Waals surface area contributed by atoms with Crippen molar-refractivity contribution in [1.82, 2.24) is 9.80 Å². The molecule has 0 atom stereocenters. The van der Waals surface area contributed by atoms with Crippen LogP contribution in [-0.4, -0.2) is 47.8 Å². The number of amides is 2. The summed E-state index contributed by atoms with van der Waals surface area (Å²) in [7, 11) is 0. The van der Waals surface area contributed by atoms with Gasteiger partial charge in [-0.15, -0.1) is 0 Å². The Bertz CT molecular complexity index is 557. The fourth-order valence-electron chi connectivity index (χ4n) is 3.42. The number of hydrogen-bond acceptors (Lipinski definition) is 2. The molecule has 0 N–H and O–H groups in total. The Balaban J connectivity index is 1.93. The predicted octanol–water partition coefficient (Wildman–Crippen LogP) is 3.50. The van der Waals surface area contributed by atoms with E-state index >= 15 is 0 Å². The molecule has 0 aliphatic carbocycles. The lowest BCUT2D eigenvalue weighted by atomic mass is 9.94. The van der Waals surface area contributed by atoms with Crippen LogP contribution >= 0.6 is 0 Å². The molecular weight excluding hydrogens is 300 g/mol. The molecule has 1 aliphatic heterocycles. The van der Waals surface area contributed by atoms with E-state index in [1.54, 1.807) is 0 Å². The summed E-state index contributed by atoms with van der Waals surface area (Å²) in [6.07, 6.45) is 3.55. The Morgan fingerprint density at radius 2 is 1.75 bits per heavy atom. The van der Waals surface area contributed by atoms with Crippen molar-refractivity contribution in [2.45, 2.75) is 46.5 Å². The van der Waals surface area contributed by atoms with E-state index in [2.05, 4.69) is 13.8 Å². The highest BCUT2D eigenvalue weighted by Crippen LogP contribution is 2.22. The quantitative estimate of drug-likeness (QED) is 0.801. The fourth-order valence-corrected chi connectivity index (χ4v) is 3.42. The highest BCUT2D eigenvalue weighted by molar-refractivity contribution is 5.94. The van der Waals surface area contributed by atoms with E-state index in [0.717, 1.165) is 49.9 Å². The third-order valence-corrected chi connectivity index (χ3v) is 4.70. The van der Waals surface area contributed by atoms with Crippen molar-refractivity contribution >= 4 is 11.8 Å². The zero-order chi connectivity index (χ0) is 17.5. The fraction of sp³-hybridized carbons (Fsp3) is 0.600. The molecule has 1 saturated heterocycles. The van der Waals surface area contributed by atoms with Gasteiger partial charge in [-0.1, -0.05) is 31.5 Å². The molecule has 132 valence electrons. The van der Waals surface area contributed by atoms with Gasteiger partial charge in [0.15, 0.2) is 0 Å². The van der Waals surface area contributed by atoms with Crippen molar-refractivity contribution in [1.29, 1.82) is 0 Å². The van der Waals surface area contributed by atoms with Crippen molar-refractivity contribution in [2.24, 2.45) is 5.92 Å². The summed E-state index contributed by atoms with van der Waals surface area (Å²) in [5, 5.41) is 0. The Kier molecular flexibility index (Phi) is 6.83. The molecule has 0 saturated carbocycles. The summed E-state index contributed by atoms with van der Waals surface area (Å²) < 4.78 is 0. The molecule has 2 rings (SSSR count). The topological polar surface area (TPSA) is 40.6 Å². The van der Waals surface area contributed by atoms with Gasteiger partial charge in [0.1, 0.15) is 0 Å². The lowest BCUT2D eigenvalue weighted by Crippen LogP contribution is -2.44. The Hall–Kier alpha value is -1.84. The number of carbonyl (C=O) groups is 2. The maximum atomic E-state index is 12.7. The van der Waals surface area contributed by atoms with Crippen molar-refractivity contribution in [2.75, 3.05) is 26.2 Å². The summed E-state index contributed by atoms with van der Waals surface area (Å²) in [5.41, 5.74) is 1.85. The van der Waals surface area contributed by atoms with Crippen molar-refractivity contribution in [3.63, 3.8) is 0 Å². The first-order valence-corrected chi connectivity index (χ1v) is 9.21. The number of rotatable bonds is 6. The van der Waals surface area contributed by atoms with Gasteiger partial charge in [0.2, 0.25) is 5.91 Å². The molecular formula is C20H30N2O2. The number of piperidine rings is 1. The van der Waals surface area contributed by atoms with E-state index < -0.39 is 0 Å². The molecule has 0 radical (unpaired) electrons. The maximum absolute atomic E-state index is 12.7. The lowest BCUT2D eigenvalue weighted by molar-refractivity contribution is -0.137. The van der Waals surface area contributed by atoms with Gasteiger partial charge < -0.3 is 9.80 Å². The molecule has 0 unspecified atom stereocenters. The van der Waals surface area contributed by atoms with Gasteiger partial charge in [-0.05, 0) is 44.7 Å². The molecule has 1 aliphatic rings. The number of likely N-dealkylation sites (tertiary alicyclic amines) is 1. The molecule has 1 aromatic carbocycles. The third-order valence-electron chi connectivity index (χ3n) is 4.70. The predicted molar refractivity (Wildman–Crippen MR) is 97.0 cm³/mol. The Labute approximate surface area is 145 Å². The van der Waals surface area contributed by atoms with Crippen LogP contribution in [0.5, 0.6) is 0 Å². The normalized spacial score (nSPS) is 15.4. The minimum atomic E-state index is 0.0738. The molecule has 4 heteroatoms. The second-order valence-electron chi connectivity index (χ2n) is 6.76. The van der Waals surface area contributed by atoms with E-state index in [9.17, 15) is 9.59 Å². The Morgan fingerprint density at radius 3 is 2.29 bits per heavy atom. The van der Waals surface area contributed by atoms with Crippen molar-refractivity contribution < 1.29 is 9.59 Å². The number of nitrogens with zero attached hydrogens (tertiary/aromatic N) is 2. The SMILES string of the molecule is CCCN(CCC)C(=O)C1CCN(C(=O)c2cccc(C)c2)CC1. The van der Waals surface area contributed by atoms with Gasteiger partial charge in [-0.25, -0.2) is 0 Å². The van der Waals surface area contributed by atoms with Crippen LogP contribution in [-0.2, 0) is 4.79 Å². The largest absolute Gasteiger partial charge is 0.342 e. The van der Waals surface area contributed by atoms with E-state index in [4.69, 9.17) is 0 Å². The van der Waals surface area contributed by atoms with Crippen LogP contribution in [0.4, 0.5) is 0 Å². The van der Waals surface area contributed by atoms with Crippen LogP contribution in [0.2, 0.25) is 0 Å². The average Bonchev–Trinajstić information content (AvgIpc) is 2.60. The molecule has 1 aromatic rings. The summed E-state index contributed by atoms with van der Waals surface area (Å²) in [4.78, 5) is 29.2. The molecule has 1 heterocycles. The standard InChI is InChI=1S/C20H30N2O2/c1-4-11-21(12-5-2)19(23)17-9-13-22(14-10-17)20(24)18-8-6-7-16(3)15-18/h6-8,15,17H,4-5,9-14H2,1-3H3. The van der Waals surface area contributed by atoms with Gasteiger partial charge in [0.05, 0.1) is 0 Å². The second kappa shape index (κ2) is 8.86. The molecule has 4 nitrogen and oxygen atoms in total. The minimum absolute atomic E-state index is 0.0738. The summed E-state index contributed by atoms with van der Waals surface area (Å²) >= 11 is 0. The van der Waals surface area contributed by atoms with Gasteiger partial charge in [0, 0.05) is 37.7 Å². The van der Waals surface area contributed by atoms with Crippen LogP contribution in [0, 0.1) is 12.8 Å². The van der Waals surface area contributed by atoms with Crippen LogP contribution in [0.1, 0.15) is 55.5 Å². The van der Waals surface area contributed by atoms with E-state index in [1.807, 2.05) is 41.0 Å². The van der Waals surface area contributed by atoms with Gasteiger partial charge in [0.25, 0.3) is 5.91 Å². The molecule has 24 heavy (non-hydrogen) atoms. The zero-order valence-electron chi connectivity index (χ0n) is 15.3. The van der Waals surface area contributed by atoms with Gasteiger partial charge >= 0.3 is 0 Å². The minimum Gasteiger partial charge on any atom is -0.342 e. The van der Waals surface area contributed by atoms with Crippen LogP contribution in [0.25, 0.3) is 0 Å².